The van der Waals surface area contributed by atoms with Crippen LogP contribution in [0.15, 0.2) is 53.4 Å². The Kier molecular flexibility index (Phi) is 5.26. The fraction of sp³-hybridized carbons (Fsp3) is 0.133. The molecule has 0 bridgehead atoms. The molecule has 0 aliphatic carbocycles. The Bertz CT molecular complexity index is 650. The molecule has 2 atom stereocenters. The van der Waals surface area contributed by atoms with Crippen LogP contribution in [0.1, 0.15) is 5.56 Å². The number of carboxylic acids is 1. The number of carboxylic acid groups (broad SMARTS) is 1. The molecule has 2 rings (SSSR count). The van der Waals surface area contributed by atoms with Crippen LogP contribution in [0.25, 0.3) is 0 Å². The normalized spacial score (nSPS) is 13.5. The number of phenols is 2. The second-order valence-electron chi connectivity index (χ2n) is 4.62. The van der Waals surface area contributed by atoms with Gasteiger partial charge in [-0.15, -0.1) is 4.72 Å². The van der Waals surface area contributed by atoms with Crippen LogP contribution >= 0.6 is 0 Å². The van der Waals surface area contributed by atoms with Crippen molar-refractivity contribution in [1.82, 2.24) is 4.72 Å². The molecule has 0 spiro atoms. The zero-order valence-electron chi connectivity index (χ0n) is 11.5. The van der Waals surface area contributed by atoms with E-state index in [1.165, 1.54) is 12.1 Å². The first-order chi connectivity index (χ1) is 10.5. The first-order valence-electron chi connectivity index (χ1n) is 6.44. The van der Waals surface area contributed by atoms with Crippen molar-refractivity contribution in [2.45, 2.75) is 17.4 Å². The maximum Gasteiger partial charge on any atom is 0.325 e. The maximum atomic E-state index is 12.2. The van der Waals surface area contributed by atoms with Crippen LogP contribution in [0.3, 0.4) is 0 Å². The van der Waals surface area contributed by atoms with E-state index in [9.17, 15) is 24.7 Å². The van der Waals surface area contributed by atoms with E-state index < -0.39 is 29.1 Å². The Balaban J connectivity index is 2.10. The summed E-state index contributed by atoms with van der Waals surface area (Å²) < 4.78 is 14.7. The number of benzene rings is 2. The number of hydrogen-bond acceptors (Lipinski definition) is 5. The van der Waals surface area contributed by atoms with Gasteiger partial charge < -0.3 is 19.9 Å². The molecule has 0 aliphatic rings. The van der Waals surface area contributed by atoms with Crippen molar-refractivity contribution >= 4 is 17.3 Å². The molecule has 2 unspecified atom stereocenters. The molecule has 0 saturated carbocycles. The summed E-state index contributed by atoms with van der Waals surface area (Å²) >= 11 is -1.83. The minimum atomic E-state index is -1.83. The van der Waals surface area contributed by atoms with E-state index in [-0.39, 0.29) is 17.1 Å². The number of rotatable bonds is 6. The van der Waals surface area contributed by atoms with Crippen LogP contribution < -0.4 is 4.72 Å². The predicted octanol–water partition coefficient (Wildman–Crippen LogP) is 1.41. The molecule has 4 N–H and O–H groups in total. The van der Waals surface area contributed by atoms with Crippen LogP contribution in [-0.4, -0.2) is 31.9 Å². The summed E-state index contributed by atoms with van der Waals surface area (Å²) in [7, 11) is 0. The van der Waals surface area contributed by atoms with Crippen LogP contribution in [0.5, 0.6) is 11.5 Å². The zero-order chi connectivity index (χ0) is 16.1. The number of carbonyl (C=O) groups is 1. The Morgan fingerprint density at radius 1 is 1.14 bits per heavy atom. The molecule has 0 radical (unpaired) electrons. The van der Waals surface area contributed by atoms with E-state index in [2.05, 4.69) is 4.72 Å². The van der Waals surface area contributed by atoms with Gasteiger partial charge in [-0.1, -0.05) is 30.3 Å². The van der Waals surface area contributed by atoms with Gasteiger partial charge in [0.2, 0.25) is 0 Å². The third-order valence-corrected chi connectivity index (χ3v) is 4.17. The quantitative estimate of drug-likeness (QED) is 0.472. The molecule has 0 saturated heterocycles. The smallest absolute Gasteiger partial charge is 0.325 e. The van der Waals surface area contributed by atoms with Crippen molar-refractivity contribution in [3.05, 3.63) is 54.1 Å². The van der Waals surface area contributed by atoms with Gasteiger partial charge in [0.1, 0.15) is 0 Å². The average molecular weight is 321 g/mol. The summed E-state index contributed by atoms with van der Waals surface area (Å²) in [4.78, 5) is 11.5. The van der Waals surface area contributed by atoms with E-state index in [0.717, 1.165) is 11.6 Å². The van der Waals surface area contributed by atoms with Crippen LogP contribution in [0.2, 0.25) is 0 Å². The second kappa shape index (κ2) is 7.17. The molecular formula is C15H15NO5S. The highest BCUT2D eigenvalue weighted by Gasteiger charge is 2.25. The Hall–Kier alpha value is -2.22. The SMILES string of the molecule is O=C(O)C(Cc1ccccc1)N[S+]([O-])c1ccc(O)c(O)c1. The number of hydrogen-bond donors (Lipinski definition) is 4. The minimum absolute atomic E-state index is 0.173. The lowest BCUT2D eigenvalue weighted by molar-refractivity contribution is -0.138. The maximum absolute atomic E-state index is 12.2. The van der Waals surface area contributed by atoms with Gasteiger partial charge in [0, 0.05) is 12.5 Å². The topological polar surface area (TPSA) is 113 Å². The van der Waals surface area contributed by atoms with Crippen molar-refractivity contribution in [3.8, 4) is 11.5 Å². The van der Waals surface area contributed by atoms with Crippen molar-refractivity contribution < 1.29 is 24.7 Å². The standard InChI is InChI=1S/C15H15NO5S/c17-13-7-6-11(9-14(13)18)22(21)16-12(15(19)20)8-10-4-2-1-3-5-10/h1-7,9,12,16-18H,8H2,(H,19,20). The highest BCUT2D eigenvalue weighted by molar-refractivity contribution is 7.89. The van der Waals surface area contributed by atoms with Gasteiger partial charge in [0.25, 0.3) is 0 Å². The van der Waals surface area contributed by atoms with Crippen LogP contribution in [0.4, 0.5) is 0 Å². The van der Waals surface area contributed by atoms with Gasteiger partial charge in [-0.05, 0) is 17.7 Å². The Morgan fingerprint density at radius 3 is 2.41 bits per heavy atom. The van der Waals surface area contributed by atoms with Gasteiger partial charge >= 0.3 is 5.97 Å². The first kappa shape index (κ1) is 16.2. The average Bonchev–Trinajstić information content (AvgIpc) is 2.50. The van der Waals surface area contributed by atoms with Crippen molar-refractivity contribution in [2.24, 2.45) is 0 Å². The summed E-state index contributed by atoms with van der Waals surface area (Å²) in [5.41, 5.74) is 0.799. The molecule has 0 amide bonds. The molecule has 6 nitrogen and oxygen atoms in total. The van der Waals surface area contributed by atoms with E-state index in [4.69, 9.17) is 0 Å². The number of aromatic hydroxyl groups is 2. The Labute approximate surface area is 130 Å². The van der Waals surface area contributed by atoms with E-state index in [1.54, 1.807) is 24.3 Å². The van der Waals surface area contributed by atoms with Gasteiger partial charge in [-0.3, -0.25) is 4.79 Å². The molecule has 0 fully saturated rings. The number of phenolic OH excluding ortho intramolecular Hbond substituents is 2. The summed E-state index contributed by atoms with van der Waals surface area (Å²) in [5.74, 6) is -1.87. The van der Waals surface area contributed by atoms with Crippen molar-refractivity contribution in [2.75, 3.05) is 0 Å². The lowest BCUT2D eigenvalue weighted by Gasteiger charge is -2.17. The molecular weight excluding hydrogens is 306 g/mol. The predicted molar refractivity (Wildman–Crippen MR) is 80.9 cm³/mol. The first-order valence-corrected chi connectivity index (χ1v) is 7.59. The molecule has 7 heteroatoms. The second-order valence-corrected chi connectivity index (χ2v) is 5.86. The molecule has 116 valence electrons. The fourth-order valence-electron chi connectivity index (χ4n) is 1.84. The van der Waals surface area contributed by atoms with Crippen molar-refractivity contribution in [3.63, 3.8) is 0 Å². The van der Waals surface area contributed by atoms with Gasteiger partial charge in [-0.25, -0.2) is 0 Å². The third kappa shape index (κ3) is 4.14. The van der Waals surface area contributed by atoms with Crippen molar-refractivity contribution in [1.29, 1.82) is 0 Å². The fourth-order valence-corrected chi connectivity index (χ4v) is 2.83. The molecule has 2 aromatic rings. The van der Waals surface area contributed by atoms with Gasteiger partial charge in [0.05, 0.1) is 11.4 Å². The van der Waals surface area contributed by atoms with Crippen LogP contribution in [0, 0.1) is 0 Å². The number of nitrogens with one attached hydrogen (secondary N) is 1. The monoisotopic (exact) mass is 321 g/mol. The summed E-state index contributed by atoms with van der Waals surface area (Å²) in [6.45, 7) is 0. The lowest BCUT2D eigenvalue weighted by Crippen LogP contribution is -2.42. The summed E-state index contributed by atoms with van der Waals surface area (Å²) in [6.07, 6.45) is 0.173. The largest absolute Gasteiger partial charge is 0.593 e. The highest BCUT2D eigenvalue weighted by Crippen LogP contribution is 2.27. The van der Waals surface area contributed by atoms with Gasteiger partial charge in [-0.2, -0.15) is 0 Å². The molecule has 2 aromatic carbocycles. The molecule has 0 aliphatic heterocycles. The lowest BCUT2D eigenvalue weighted by atomic mass is 10.1. The third-order valence-electron chi connectivity index (χ3n) is 2.99. The molecule has 22 heavy (non-hydrogen) atoms. The Morgan fingerprint density at radius 2 is 1.82 bits per heavy atom. The van der Waals surface area contributed by atoms with E-state index in [1.807, 2.05) is 6.07 Å². The highest BCUT2D eigenvalue weighted by atomic mass is 32.2. The molecule has 0 heterocycles. The zero-order valence-corrected chi connectivity index (χ0v) is 12.3. The van der Waals surface area contributed by atoms with E-state index in [0.29, 0.717) is 0 Å². The number of aliphatic carboxylic acids is 1. The summed E-state index contributed by atoms with van der Waals surface area (Å²) in [5, 5.41) is 27.9. The molecule has 0 aromatic heterocycles. The summed E-state index contributed by atoms with van der Waals surface area (Å²) in [6, 6.07) is 11.6. The van der Waals surface area contributed by atoms with Gasteiger partial charge in [0.15, 0.2) is 22.4 Å². The van der Waals surface area contributed by atoms with E-state index >= 15 is 0 Å². The van der Waals surface area contributed by atoms with Crippen LogP contribution in [-0.2, 0) is 22.6 Å². The minimum Gasteiger partial charge on any atom is -0.593 e.